The van der Waals surface area contributed by atoms with E-state index in [0.29, 0.717) is 67.2 Å². The van der Waals surface area contributed by atoms with Crippen molar-refractivity contribution in [2.45, 2.75) is 13.5 Å². The number of hydrogen-bond donors (Lipinski definition) is 2. The number of nitrogens with two attached hydrogens (primary N) is 1. The van der Waals surface area contributed by atoms with E-state index in [1.54, 1.807) is 73.4 Å². The number of carbonyl (C=O) groups excluding carboxylic acids is 1. The van der Waals surface area contributed by atoms with Gasteiger partial charge in [0.1, 0.15) is 17.0 Å². The minimum absolute atomic E-state index is 0.310. The van der Waals surface area contributed by atoms with Gasteiger partial charge in [-0.05, 0) is 36.9 Å². The van der Waals surface area contributed by atoms with Crippen molar-refractivity contribution in [1.29, 1.82) is 0 Å². The van der Waals surface area contributed by atoms with Crippen molar-refractivity contribution in [3.8, 4) is 22.6 Å². The van der Waals surface area contributed by atoms with Gasteiger partial charge >= 0.3 is 0 Å². The van der Waals surface area contributed by atoms with E-state index in [9.17, 15) is 4.79 Å². The molecule has 1 aliphatic rings. The summed E-state index contributed by atoms with van der Waals surface area (Å²) in [5, 5.41) is 3.51. The molecule has 13 heteroatoms. The number of aromatic nitrogens is 4. The number of fused-ring (bicyclic) bond motifs is 1. The van der Waals surface area contributed by atoms with Crippen molar-refractivity contribution in [3.05, 3.63) is 94.8 Å². The molecule has 0 spiro atoms. The first-order valence-electron chi connectivity index (χ1n) is 15.0. The Bertz CT molecular complexity index is 1790. The molecule has 1 amide bonds. The molecule has 0 radical (unpaired) electrons. The van der Waals surface area contributed by atoms with E-state index in [0.717, 1.165) is 38.4 Å². The van der Waals surface area contributed by atoms with Crippen LogP contribution in [0, 0.1) is 0 Å². The molecule has 0 saturated carbocycles. The highest BCUT2D eigenvalue weighted by molar-refractivity contribution is 6.41. The molecular formula is C34H36Cl2N8O3. The van der Waals surface area contributed by atoms with Crippen molar-refractivity contribution < 1.29 is 14.3 Å². The van der Waals surface area contributed by atoms with Gasteiger partial charge in [0.15, 0.2) is 0 Å². The summed E-state index contributed by atoms with van der Waals surface area (Å²) in [6, 6.07) is 12.2. The predicted octanol–water partition coefficient (Wildman–Crippen LogP) is 6.07. The molecule has 47 heavy (non-hydrogen) atoms. The number of carbonyl (C=O) groups is 1. The van der Waals surface area contributed by atoms with Crippen LogP contribution in [0.1, 0.15) is 23.0 Å². The van der Waals surface area contributed by atoms with Crippen LogP contribution in [0.5, 0.6) is 11.5 Å². The van der Waals surface area contributed by atoms with E-state index >= 15 is 0 Å². The number of nitrogen functional groups attached to an aromatic ring is 1. The summed E-state index contributed by atoms with van der Waals surface area (Å²) in [4.78, 5) is 35.7. The van der Waals surface area contributed by atoms with Gasteiger partial charge in [0.2, 0.25) is 0 Å². The second-order valence-electron chi connectivity index (χ2n) is 10.7. The van der Waals surface area contributed by atoms with Crippen LogP contribution in [0.2, 0.25) is 10.0 Å². The van der Waals surface area contributed by atoms with E-state index in [4.69, 9.17) is 48.4 Å². The third-order valence-electron chi connectivity index (χ3n) is 7.74. The third-order valence-corrected chi connectivity index (χ3v) is 8.49. The lowest BCUT2D eigenvalue weighted by atomic mass is 9.99. The van der Waals surface area contributed by atoms with Gasteiger partial charge in [-0.15, -0.1) is 0 Å². The number of nitrogens with zero attached hydrogens (tertiary/aromatic N) is 6. The van der Waals surface area contributed by atoms with E-state index in [-0.39, 0.29) is 5.91 Å². The average Bonchev–Trinajstić information content (AvgIpc) is 3.10. The van der Waals surface area contributed by atoms with E-state index in [1.807, 2.05) is 0 Å². The Kier molecular flexibility index (Phi) is 11.4. The van der Waals surface area contributed by atoms with Crippen LogP contribution in [0.15, 0.2) is 73.4 Å². The molecule has 4 heterocycles. The molecule has 1 saturated heterocycles. The Morgan fingerprint density at radius 3 is 2.11 bits per heavy atom. The molecule has 0 bridgehead atoms. The third kappa shape index (κ3) is 8.06. The Morgan fingerprint density at radius 1 is 0.894 bits per heavy atom. The summed E-state index contributed by atoms with van der Waals surface area (Å²) in [5.74, 6) is 0.479. The second kappa shape index (κ2) is 15.8. The molecule has 244 valence electrons. The highest BCUT2D eigenvalue weighted by atomic mass is 35.5. The van der Waals surface area contributed by atoms with Gasteiger partial charge < -0.3 is 25.4 Å². The lowest BCUT2D eigenvalue weighted by molar-refractivity contribution is 0.102. The Balaban J connectivity index is 0.000000549. The number of rotatable bonds is 8. The fourth-order valence-electron chi connectivity index (χ4n) is 5.22. The second-order valence-corrected chi connectivity index (χ2v) is 11.5. The quantitative estimate of drug-likeness (QED) is 0.200. The summed E-state index contributed by atoms with van der Waals surface area (Å²) in [6.07, 6.45) is 8.26. The summed E-state index contributed by atoms with van der Waals surface area (Å²) in [7, 11) is 3.05. The number of nitrogens with one attached hydrogen (secondary N) is 1. The highest BCUT2D eigenvalue weighted by Gasteiger charge is 2.24. The number of pyridine rings is 2. The number of amides is 1. The van der Waals surface area contributed by atoms with Crippen molar-refractivity contribution in [1.82, 2.24) is 29.7 Å². The van der Waals surface area contributed by atoms with E-state index in [1.165, 1.54) is 14.2 Å². The van der Waals surface area contributed by atoms with Gasteiger partial charge in [-0.25, -0.2) is 4.98 Å². The molecule has 1 aliphatic heterocycles. The SMILES string of the molecule is CCN1CCN(Cc2cnc3c(C(=O)Nc4cccnc4)ccc(-c4c(Cl)c(OC)cc(OC)c4Cl)c3n2)CC1.Nc1cccnc1. The molecule has 0 aliphatic carbocycles. The largest absolute Gasteiger partial charge is 0.495 e. The number of anilines is 2. The smallest absolute Gasteiger partial charge is 0.257 e. The first kappa shape index (κ1) is 33.8. The van der Waals surface area contributed by atoms with Crippen molar-refractivity contribution in [3.63, 3.8) is 0 Å². The number of methoxy groups -OCH3 is 2. The molecule has 2 aromatic carbocycles. The minimum atomic E-state index is -0.331. The topological polar surface area (TPSA) is 132 Å². The van der Waals surface area contributed by atoms with Crippen molar-refractivity contribution in [2.75, 3.05) is 58.0 Å². The highest BCUT2D eigenvalue weighted by Crippen LogP contribution is 2.47. The molecule has 0 unspecified atom stereocenters. The van der Waals surface area contributed by atoms with Crippen LogP contribution in [-0.2, 0) is 6.54 Å². The molecule has 3 aromatic heterocycles. The molecule has 5 aromatic rings. The number of hydrogen-bond acceptors (Lipinski definition) is 10. The molecular weight excluding hydrogens is 639 g/mol. The monoisotopic (exact) mass is 674 g/mol. The van der Waals surface area contributed by atoms with E-state index in [2.05, 4.69) is 32.0 Å². The van der Waals surface area contributed by atoms with Gasteiger partial charge in [0.05, 0.1) is 64.8 Å². The zero-order valence-electron chi connectivity index (χ0n) is 26.4. The normalized spacial score (nSPS) is 13.5. The van der Waals surface area contributed by atoms with Gasteiger partial charge in [-0.2, -0.15) is 0 Å². The molecule has 1 fully saturated rings. The summed E-state index contributed by atoms with van der Waals surface area (Å²) in [6.45, 7) is 7.76. The van der Waals surface area contributed by atoms with Crippen molar-refractivity contribution in [2.24, 2.45) is 0 Å². The fourth-order valence-corrected chi connectivity index (χ4v) is 5.93. The number of ether oxygens (including phenoxy) is 2. The molecule has 11 nitrogen and oxygen atoms in total. The lowest BCUT2D eigenvalue weighted by Crippen LogP contribution is -2.45. The average molecular weight is 676 g/mol. The van der Waals surface area contributed by atoms with E-state index < -0.39 is 0 Å². The first-order chi connectivity index (χ1) is 22.8. The van der Waals surface area contributed by atoms with Gasteiger partial charge in [-0.1, -0.05) is 36.2 Å². The summed E-state index contributed by atoms with van der Waals surface area (Å²) < 4.78 is 11.0. The maximum absolute atomic E-state index is 13.4. The Labute approximate surface area is 283 Å². The van der Waals surface area contributed by atoms with Crippen LogP contribution in [0.3, 0.4) is 0 Å². The van der Waals surface area contributed by atoms with Crippen LogP contribution in [0.4, 0.5) is 11.4 Å². The molecule has 6 rings (SSSR count). The minimum Gasteiger partial charge on any atom is -0.495 e. The Hall–Kier alpha value is -4.55. The van der Waals surface area contributed by atoms with Gasteiger partial charge in [0, 0.05) is 68.5 Å². The van der Waals surface area contributed by atoms with Crippen LogP contribution < -0.4 is 20.5 Å². The van der Waals surface area contributed by atoms with Crippen LogP contribution in [-0.4, -0.2) is 82.6 Å². The number of halogens is 2. The molecule has 3 N–H and O–H groups in total. The number of benzene rings is 2. The standard InChI is InChI=1S/C29H30Cl2N6O3.C5H6N2/c1-4-36-10-12-37(13-11-36)17-19-16-33-27-21(29(38)35-18-6-5-9-32-15-18)8-7-20(28(27)34-19)24-25(30)22(39-2)14-23(40-3)26(24)31;6-5-2-1-3-7-4-5/h5-9,14-16H,4,10-13,17H2,1-3H3,(H,35,38);1-4H,6H2. The molecule has 0 atom stereocenters. The lowest BCUT2D eigenvalue weighted by Gasteiger charge is -2.33. The van der Waals surface area contributed by atoms with Gasteiger partial charge in [0.25, 0.3) is 5.91 Å². The van der Waals surface area contributed by atoms with Crippen LogP contribution in [0.25, 0.3) is 22.2 Å². The maximum atomic E-state index is 13.4. The maximum Gasteiger partial charge on any atom is 0.257 e. The fraction of sp³-hybridized carbons (Fsp3) is 0.265. The first-order valence-corrected chi connectivity index (χ1v) is 15.8. The predicted molar refractivity (Wildman–Crippen MR) is 186 cm³/mol. The summed E-state index contributed by atoms with van der Waals surface area (Å²) in [5.41, 5.74) is 9.76. The number of piperazine rings is 1. The Morgan fingerprint density at radius 2 is 1.55 bits per heavy atom. The number of likely N-dealkylation sites (N-methyl/N-ethyl adjacent to an activating group) is 1. The zero-order chi connectivity index (χ0) is 33.3. The van der Waals surface area contributed by atoms with Gasteiger partial charge in [-0.3, -0.25) is 24.6 Å². The van der Waals surface area contributed by atoms with Crippen LogP contribution >= 0.6 is 23.2 Å². The summed E-state index contributed by atoms with van der Waals surface area (Å²) >= 11 is 13.6. The zero-order valence-corrected chi connectivity index (χ0v) is 27.9. The van der Waals surface area contributed by atoms with Crippen molar-refractivity contribution >= 4 is 51.5 Å².